The van der Waals surface area contributed by atoms with E-state index in [-0.39, 0.29) is 18.9 Å². The molecule has 69 heavy (non-hydrogen) atoms. The second-order valence-corrected chi connectivity index (χ2v) is 19.3. The minimum absolute atomic E-state index is 0.243. The third-order valence-corrected chi connectivity index (χ3v) is 13.6. The van der Waals surface area contributed by atoms with Crippen LogP contribution in [0.25, 0.3) is 0 Å². The predicted molar refractivity (Wildman–Crippen MR) is 254 cm³/mol. The first-order valence-corrected chi connectivity index (χ1v) is 26.4. The molecule has 0 radical (unpaired) electrons. The molecule has 0 aliphatic carbocycles. The molecule has 12 N–H and O–H groups in total. The molecule has 0 spiro atoms. The summed E-state index contributed by atoms with van der Waals surface area (Å²) in [7, 11) is 0. The number of unbranched alkanes of at least 4 members (excludes halogenated alkanes) is 21. The van der Waals surface area contributed by atoms with Crippen molar-refractivity contribution in [1.82, 2.24) is 5.32 Å². The molecule has 17 atom stereocenters. The molecule has 19 heteroatoms. The van der Waals surface area contributed by atoms with Gasteiger partial charge in [0.05, 0.1) is 38.6 Å². The summed E-state index contributed by atoms with van der Waals surface area (Å²) in [6.07, 6.45) is 4.01. The normalized spacial score (nSPS) is 32.9. The van der Waals surface area contributed by atoms with Gasteiger partial charge in [-0.15, -0.1) is 0 Å². The van der Waals surface area contributed by atoms with Gasteiger partial charge in [0.25, 0.3) is 0 Å². The summed E-state index contributed by atoms with van der Waals surface area (Å²) in [5, 5.41) is 119. The van der Waals surface area contributed by atoms with Crippen LogP contribution in [-0.4, -0.2) is 193 Å². The van der Waals surface area contributed by atoms with Crippen molar-refractivity contribution in [3.05, 3.63) is 12.2 Å². The number of aliphatic hydroxyl groups is 11. The van der Waals surface area contributed by atoms with E-state index in [2.05, 4.69) is 19.2 Å². The van der Waals surface area contributed by atoms with Crippen LogP contribution in [-0.2, 0) is 33.2 Å². The number of allylic oxidation sites excluding steroid dienone is 1. The zero-order valence-electron chi connectivity index (χ0n) is 41.5. The van der Waals surface area contributed by atoms with Crippen molar-refractivity contribution in [1.29, 1.82) is 0 Å². The summed E-state index contributed by atoms with van der Waals surface area (Å²) in [5.41, 5.74) is 0. The van der Waals surface area contributed by atoms with Gasteiger partial charge in [-0.3, -0.25) is 4.79 Å². The Morgan fingerprint density at radius 2 is 0.899 bits per heavy atom. The standard InChI is InChI=1S/C50H93NO18/c1-3-5-7-9-11-12-13-14-15-16-17-18-19-20-21-22-23-25-27-34(55)33(51-38(56)28-26-24-10-8-6-4-2)32-64-48-44(62)41(59)46(36(30-53)66-48)69-50-45(63)42(60)47(37(31-54)67-50)68-49-43(61)40(58)39(57)35(29-52)65-49/h25,27,33-37,39-50,52-55,57-63H,3-24,26,28-32H2,1-2H3,(H,51,56)/b27-25+. The molecular weight excluding hydrogens is 903 g/mol. The molecule has 406 valence electrons. The maximum atomic E-state index is 13.1. The van der Waals surface area contributed by atoms with E-state index < -0.39 is 124 Å². The summed E-state index contributed by atoms with van der Waals surface area (Å²) >= 11 is 0. The van der Waals surface area contributed by atoms with Crippen LogP contribution in [0.4, 0.5) is 0 Å². The maximum Gasteiger partial charge on any atom is 0.220 e. The number of amides is 1. The molecule has 3 rings (SSSR count). The Labute approximate surface area is 410 Å². The lowest BCUT2D eigenvalue weighted by Gasteiger charge is -2.48. The third kappa shape index (κ3) is 21.5. The van der Waals surface area contributed by atoms with E-state index in [1.807, 2.05) is 6.08 Å². The zero-order valence-corrected chi connectivity index (χ0v) is 41.5. The van der Waals surface area contributed by atoms with Gasteiger partial charge >= 0.3 is 0 Å². The number of aliphatic hydroxyl groups excluding tert-OH is 11. The Kier molecular flexibility index (Phi) is 31.9. The van der Waals surface area contributed by atoms with Crippen LogP contribution in [0.2, 0.25) is 0 Å². The quantitative estimate of drug-likeness (QED) is 0.0314. The minimum Gasteiger partial charge on any atom is -0.394 e. The van der Waals surface area contributed by atoms with Gasteiger partial charge in [0, 0.05) is 6.42 Å². The lowest BCUT2D eigenvalue weighted by molar-refractivity contribution is -0.379. The van der Waals surface area contributed by atoms with Crippen molar-refractivity contribution in [2.45, 2.75) is 272 Å². The van der Waals surface area contributed by atoms with Crippen molar-refractivity contribution in [3.8, 4) is 0 Å². The number of carbonyl (C=O) groups is 1. The van der Waals surface area contributed by atoms with Crippen molar-refractivity contribution in [3.63, 3.8) is 0 Å². The first kappa shape index (κ1) is 61.8. The van der Waals surface area contributed by atoms with Gasteiger partial charge in [0.15, 0.2) is 18.9 Å². The molecule has 3 heterocycles. The minimum atomic E-state index is -1.97. The van der Waals surface area contributed by atoms with E-state index in [1.54, 1.807) is 6.08 Å². The molecule has 3 aliphatic rings. The van der Waals surface area contributed by atoms with Gasteiger partial charge in [-0.1, -0.05) is 154 Å². The lowest BCUT2D eigenvalue weighted by atomic mass is 9.96. The zero-order chi connectivity index (χ0) is 50.6. The first-order valence-electron chi connectivity index (χ1n) is 26.4. The second-order valence-electron chi connectivity index (χ2n) is 19.3. The fraction of sp³-hybridized carbons (Fsp3) is 0.940. The average Bonchev–Trinajstić information content (AvgIpc) is 3.34. The Morgan fingerprint density at radius 1 is 0.507 bits per heavy atom. The molecular formula is C50H93NO18. The molecule has 3 aliphatic heterocycles. The largest absolute Gasteiger partial charge is 0.394 e. The number of carbonyl (C=O) groups excluding carboxylic acids is 1. The van der Waals surface area contributed by atoms with E-state index in [1.165, 1.54) is 83.5 Å². The van der Waals surface area contributed by atoms with E-state index in [0.29, 0.717) is 6.42 Å². The van der Waals surface area contributed by atoms with E-state index in [4.69, 9.17) is 28.4 Å². The monoisotopic (exact) mass is 996 g/mol. The highest BCUT2D eigenvalue weighted by atomic mass is 16.8. The number of rotatable bonds is 37. The Morgan fingerprint density at radius 3 is 1.36 bits per heavy atom. The van der Waals surface area contributed by atoms with Crippen LogP contribution in [0.1, 0.15) is 168 Å². The van der Waals surface area contributed by atoms with Gasteiger partial charge in [-0.05, 0) is 19.3 Å². The maximum absolute atomic E-state index is 13.1. The number of ether oxygens (including phenoxy) is 6. The SMILES string of the molecule is CCCCCCCCCCCCCCCCCC/C=C/C(O)C(COC1OC(CO)C(OC2OC(CO)C(OC3OC(CO)C(O)C(O)C3O)C(O)C2O)C(O)C1O)NC(=O)CCCCCCCC. The first-order chi connectivity index (χ1) is 33.3. The van der Waals surface area contributed by atoms with Crippen LogP contribution in [0.15, 0.2) is 12.2 Å². The van der Waals surface area contributed by atoms with Crippen LogP contribution in [0, 0.1) is 0 Å². The third-order valence-electron chi connectivity index (χ3n) is 13.6. The molecule has 17 unspecified atom stereocenters. The summed E-state index contributed by atoms with van der Waals surface area (Å²) in [5.74, 6) is -0.286. The molecule has 3 fully saturated rings. The van der Waals surface area contributed by atoms with E-state index >= 15 is 0 Å². The van der Waals surface area contributed by atoms with Crippen LogP contribution in [0.3, 0.4) is 0 Å². The summed E-state index contributed by atoms with van der Waals surface area (Å²) in [6.45, 7) is 1.62. The summed E-state index contributed by atoms with van der Waals surface area (Å²) < 4.78 is 34.0. The molecule has 0 aromatic rings. The lowest BCUT2D eigenvalue weighted by Crippen LogP contribution is -2.66. The van der Waals surface area contributed by atoms with Gasteiger partial charge in [-0.25, -0.2) is 0 Å². The molecule has 1 amide bonds. The van der Waals surface area contributed by atoms with E-state index in [9.17, 15) is 61.0 Å². The van der Waals surface area contributed by atoms with E-state index in [0.717, 1.165) is 57.8 Å². The highest BCUT2D eigenvalue weighted by Crippen LogP contribution is 2.33. The van der Waals surface area contributed by atoms with Crippen molar-refractivity contribution < 1.29 is 89.4 Å². The molecule has 0 saturated carbocycles. The molecule has 0 aromatic heterocycles. The Bertz CT molecular complexity index is 1330. The molecule has 19 nitrogen and oxygen atoms in total. The molecule has 0 aromatic carbocycles. The van der Waals surface area contributed by atoms with Crippen LogP contribution < -0.4 is 5.32 Å². The van der Waals surface area contributed by atoms with Crippen molar-refractivity contribution in [2.24, 2.45) is 0 Å². The smallest absolute Gasteiger partial charge is 0.220 e. The van der Waals surface area contributed by atoms with Gasteiger partial charge in [0.2, 0.25) is 5.91 Å². The van der Waals surface area contributed by atoms with Crippen LogP contribution >= 0.6 is 0 Å². The predicted octanol–water partition coefficient (Wildman–Crippen LogP) is 2.26. The average molecular weight is 996 g/mol. The second kappa shape index (κ2) is 35.6. The number of hydrogen-bond acceptors (Lipinski definition) is 18. The van der Waals surface area contributed by atoms with Gasteiger partial charge in [-0.2, -0.15) is 0 Å². The summed E-state index contributed by atoms with van der Waals surface area (Å²) in [4.78, 5) is 13.1. The fourth-order valence-corrected chi connectivity index (χ4v) is 9.13. The Hall–Kier alpha value is -1.47. The topological polar surface area (TPSA) is 307 Å². The summed E-state index contributed by atoms with van der Waals surface area (Å²) in [6, 6.07) is -0.963. The van der Waals surface area contributed by atoms with Gasteiger partial charge in [0.1, 0.15) is 73.2 Å². The van der Waals surface area contributed by atoms with Gasteiger partial charge < -0.3 is 89.9 Å². The Balaban J connectivity index is 1.51. The van der Waals surface area contributed by atoms with Crippen molar-refractivity contribution in [2.75, 3.05) is 26.4 Å². The molecule has 0 bridgehead atoms. The highest BCUT2D eigenvalue weighted by Gasteiger charge is 2.53. The van der Waals surface area contributed by atoms with Crippen molar-refractivity contribution >= 4 is 5.91 Å². The number of nitrogens with one attached hydrogen (secondary N) is 1. The highest BCUT2D eigenvalue weighted by molar-refractivity contribution is 5.76. The molecule has 3 saturated heterocycles. The van der Waals surface area contributed by atoms with Crippen LogP contribution in [0.5, 0.6) is 0 Å². The number of hydrogen-bond donors (Lipinski definition) is 12. The fourth-order valence-electron chi connectivity index (χ4n) is 9.13.